The molecule has 1 heterocycles. The summed E-state index contributed by atoms with van der Waals surface area (Å²) in [5, 5.41) is 2.90. The molecule has 0 saturated carbocycles. The minimum absolute atomic E-state index is 0.116. The van der Waals surface area contributed by atoms with Crippen molar-refractivity contribution in [2.45, 2.75) is 13.5 Å². The smallest absolute Gasteiger partial charge is 0.255 e. The predicted molar refractivity (Wildman–Crippen MR) is 104 cm³/mol. The van der Waals surface area contributed by atoms with Gasteiger partial charge in [-0.15, -0.1) is 0 Å². The molecule has 1 aliphatic rings. The van der Waals surface area contributed by atoms with E-state index in [2.05, 4.69) is 22.2 Å². The van der Waals surface area contributed by atoms with Crippen LogP contribution in [-0.4, -0.2) is 56.8 Å². The minimum atomic E-state index is -0.116. The SMILES string of the molecule is [B]c1cc(NC(=O)c2ccc(CN3CCN(C)CC3)cc2)ccc1C. The van der Waals surface area contributed by atoms with E-state index in [-0.39, 0.29) is 5.91 Å². The molecule has 2 aromatic rings. The molecule has 25 heavy (non-hydrogen) atoms. The molecular formula is C20H24BN3O. The van der Waals surface area contributed by atoms with E-state index in [4.69, 9.17) is 7.85 Å². The number of carbonyl (C=O) groups is 1. The van der Waals surface area contributed by atoms with E-state index in [0.29, 0.717) is 11.0 Å². The van der Waals surface area contributed by atoms with E-state index >= 15 is 0 Å². The molecule has 1 aliphatic heterocycles. The number of benzene rings is 2. The molecule has 0 aromatic heterocycles. The first-order chi connectivity index (χ1) is 12.0. The fraction of sp³-hybridized carbons (Fsp3) is 0.350. The first-order valence-corrected chi connectivity index (χ1v) is 8.68. The van der Waals surface area contributed by atoms with Gasteiger partial charge in [-0.1, -0.05) is 29.2 Å². The van der Waals surface area contributed by atoms with Crippen LogP contribution in [0.1, 0.15) is 21.5 Å². The number of aryl methyl sites for hydroxylation is 1. The van der Waals surface area contributed by atoms with Gasteiger partial charge in [-0.3, -0.25) is 9.69 Å². The number of anilines is 1. The Bertz CT molecular complexity index is 737. The number of hydrogen-bond acceptors (Lipinski definition) is 3. The summed E-state index contributed by atoms with van der Waals surface area (Å²) in [6.45, 7) is 7.28. The summed E-state index contributed by atoms with van der Waals surface area (Å²) in [6.07, 6.45) is 0. The van der Waals surface area contributed by atoms with E-state index in [1.165, 1.54) is 5.56 Å². The molecule has 1 fully saturated rings. The van der Waals surface area contributed by atoms with Gasteiger partial charge < -0.3 is 10.2 Å². The fourth-order valence-corrected chi connectivity index (χ4v) is 2.95. The third kappa shape index (κ3) is 4.71. The van der Waals surface area contributed by atoms with Crippen LogP contribution in [0.5, 0.6) is 0 Å². The van der Waals surface area contributed by atoms with Gasteiger partial charge in [0, 0.05) is 44.0 Å². The average Bonchev–Trinajstić information content (AvgIpc) is 2.61. The summed E-state index contributed by atoms with van der Waals surface area (Å²) < 4.78 is 0. The Morgan fingerprint density at radius 1 is 1.08 bits per heavy atom. The molecule has 5 heteroatoms. The van der Waals surface area contributed by atoms with E-state index in [1.54, 1.807) is 6.07 Å². The Hall–Kier alpha value is -2.11. The highest BCUT2D eigenvalue weighted by Gasteiger charge is 2.14. The Balaban J connectivity index is 1.59. The zero-order valence-electron chi connectivity index (χ0n) is 15.0. The standard InChI is InChI=1S/C20H24BN3O/c1-15-3-8-18(13-19(15)21)22-20(25)17-6-4-16(5-7-17)14-24-11-9-23(2)10-12-24/h3-8,13H,9-12,14H2,1-2H3,(H,22,25). The van der Waals surface area contributed by atoms with Crippen molar-refractivity contribution in [2.24, 2.45) is 0 Å². The zero-order valence-corrected chi connectivity index (χ0v) is 15.0. The van der Waals surface area contributed by atoms with Crippen LogP contribution < -0.4 is 10.8 Å². The lowest BCUT2D eigenvalue weighted by atomic mass is 9.91. The fourth-order valence-electron chi connectivity index (χ4n) is 2.95. The quantitative estimate of drug-likeness (QED) is 0.867. The van der Waals surface area contributed by atoms with Crippen molar-refractivity contribution in [1.82, 2.24) is 9.80 Å². The molecule has 0 aliphatic carbocycles. The monoisotopic (exact) mass is 333 g/mol. The number of rotatable bonds is 4. The number of amides is 1. The van der Waals surface area contributed by atoms with Gasteiger partial charge in [-0.05, 0) is 43.8 Å². The molecule has 1 saturated heterocycles. The summed E-state index contributed by atoms with van der Waals surface area (Å²) in [4.78, 5) is 17.2. The van der Waals surface area contributed by atoms with Crippen molar-refractivity contribution >= 4 is 24.9 Å². The number of piperazine rings is 1. The van der Waals surface area contributed by atoms with Crippen LogP contribution in [0.3, 0.4) is 0 Å². The zero-order chi connectivity index (χ0) is 17.8. The average molecular weight is 333 g/mol. The highest BCUT2D eigenvalue weighted by molar-refractivity contribution is 6.33. The number of hydrogen-bond donors (Lipinski definition) is 1. The van der Waals surface area contributed by atoms with Crippen molar-refractivity contribution < 1.29 is 4.79 Å². The number of carbonyl (C=O) groups excluding carboxylic acids is 1. The van der Waals surface area contributed by atoms with Gasteiger partial charge in [0.15, 0.2) is 0 Å². The van der Waals surface area contributed by atoms with Gasteiger partial charge >= 0.3 is 0 Å². The predicted octanol–water partition coefficient (Wildman–Crippen LogP) is 1.79. The molecule has 2 radical (unpaired) electrons. The van der Waals surface area contributed by atoms with Crippen molar-refractivity contribution in [2.75, 3.05) is 38.5 Å². The third-order valence-corrected chi connectivity index (χ3v) is 4.76. The van der Waals surface area contributed by atoms with E-state index < -0.39 is 0 Å². The molecule has 1 amide bonds. The number of likely N-dealkylation sites (N-methyl/N-ethyl adjacent to an activating group) is 1. The lowest BCUT2D eigenvalue weighted by molar-refractivity contribution is 0.102. The van der Waals surface area contributed by atoms with Gasteiger partial charge in [-0.25, -0.2) is 0 Å². The summed E-state index contributed by atoms with van der Waals surface area (Å²) >= 11 is 0. The van der Waals surface area contributed by atoms with Crippen molar-refractivity contribution in [3.05, 3.63) is 59.2 Å². The van der Waals surface area contributed by atoms with Crippen molar-refractivity contribution in [3.8, 4) is 0 Å². The second-order valence-electron chi connectivity index (χ2n) is 6.80. The maximum Gasteiger partial charge on any atom is 0.255 e. The summed E-state index contributed by atoms with van der Waals surface area (Å²) in [5.74, 6) is -0.116. The molecule has 0 bridgehead atoms. The second kappa shape index (κ2) is 7.85. The Morgan fingerprint density at radius 3 is 2.40 bits per heavy atom. The highest BCUT2D eigenvalue weighted by Crippen LogP contribution is 2.12. The largest absolute Gasteiger partial charge is 0.322 e. The van der Waals surface area contributed by atoms with Crippen LogP contribution in [0, 0.1) is 6.92 Å². The Morgan fingerprint density at radius 2 is 1.76 bits per heavy atom. The maximum atomic E-state index is 12.4. The van der Waals surface area contributed by atoms with Crippen molar-refractivity contribution in [3.63, 3.8) is 0 Å². The van der Waals surface area contributed by atoms with Gasteiger partial charge in [0.2, 0.25) is 0 Å². The first kappa shape index (κ1) is 17.7. The van der Waals surface area contributed by atoms with Crippen molar-refractivity contribution in [1.29, 1.82) is 0 Å². The molecule has 0 spiro atoms. The Kier molecular flexibility index (Phi) is 5.56. The lowest BCUT2D eigenvalue weighted by Crippen LogP contribution is -2.43. The normalized spacial score (nSPS) is 15.9. The molecule has 1 N–H and O–H groups in total. The molecule has 0 unspecified atom stereocenters. The van der Waals surface area contributed by atoms with Gasteiger partial charge in [0.1, 0.15) is 7.85 Å². The molecular weight excluding hydrogens is 309 g/mol. The highest BCUT2D eigenvalue weighted by atomic mass is 16.1. The first-order valence-electron chi connectivity index (χ1n) is 8.68. The van der Waals surface area contributed by atoms with Crippen LogP contribution in [0.4, 0.5) is 5.69 Å². The maximum absolute atomic E-state index is 12.4. The van der Waals surface area contributed by atoms with Gasteiger partial charge in [0.05, 0.1) is 0 Å². The number of nitrogens with zero attached hydrogens (tertiary/aromatic N) is 2. The molecule has 0 atom stereocenters. The van der Waals surface area contributed by atoms with Crippen LogP contribution in [-0.2, 0) is 6.54 Å². The van der Waals surface area contributed by atoms with Crippen LogP contribution in [0.15, 0.2) is 42.5 Å². The molecule has 4 nitrogen and oxygen atoms in total. The van der Waals surface area contributed by atoms with E-state index in [9.17, 15) is 4.79 Å². The summed E-state index contributed by atoms with van der Waals surface area (Å²) in [6, 6.07) is 13.4. The molecule has 3 rings (SSSR count). The summed E-state index contributed by atoms with van der Waals surface area (Å²) in [7, 11) is 8.05. The van der Waals surface area contributed by atoms with E-state index in [0.717, 1.165) is 44.0 Å². The van der Waals surface area contributed by atoms with Crippen LogP contribution >= 0.6 is 0 Å². The van der Waals surface area contributed by atoms with E-state index in [1.807, 2.05) is 43.3 Å². The Labute approximate surface area is 151 Å². The van der Waals surface area contributed by atoms with Gasteiger partial charge in [-0.2, -0.15) is 0 Å². The molecule has 2 aromatic carbocycles. The second-order valence-corrected chi connectivity index (χ2v) is 6.80. The minimum Gasteiger partial charge on any atom is -0.322 e. The van der Waals surface area contributed by atoms with Gasteiger partial charge in [0.25, 0.3) is 5.91 Å². The lowest BCUT2D eigenvalue weighted by Gasteiger charge is -2.32. The third-order valence-electron chi connectivity index (χ3n) is 4.76. The van der Waals surface area contributed by atoms with Crippen LogP contribution in [0.2, 0.25) is 0 Å². The number of nitrogens with one attached hydrogen (secondary N) is 1. The molecule has 128 valence electrons. The summed E-state index contributed by atoms with van der Waals surface area (Å²) in [5.41, 5.74) is 4.29. The van der Waals surface area contributed by atoms with Crippen LogP contribution in [0.25, 0.3) is 0 Å². The topological polar surface area (TPSA) is 35.6 Å².